The first-order valence-electron chi connectivity index (χ1n) is 10.8. The van der Waals surface area contributed by atoms with Gasteiger partial charge in [0.25, 0.3) is 10.1 Å². The van der Waals surface area contributed by atoms with Crippen molar-refractivity contribution in [3.05, 3.63) is 58.1 Å². The second kappa shape index (κ2) is 12.8. The molecule has 2 aliphatic rings. The molecule has 196 valence electrons. The molecule has 0 amide bonds. The summed E-state index contributed by atoms with van der Waals surface area (Å²) < 4.78 is 46.8. The lowest BCUT2D eigenvalue weighted by Gasteiger charge is -2.32. The van der Waals surface area contributed by atoms with Crippen LogP contribution in [0.4, 0.5) is 0 Å². The Morgan fingerprint density at radius 3 is 2.06 bits per heavy atom. The van der Waals surface area contributed by atoms with Crippen molar-refractivity contribution in [1.29, 1.82) is 0 Å². The second-order valence-electron chi connectivity index (χ2n) is 7.34. The minimum atomic E-state index is -4.64. The van der Waals surface area contributed by atoms with Crippen molar-refractivity contribution in [3.8, 4) is 0 Å². The number of aromatic carboxylic acids is 2. The van der Waals surface area contributed by atoms with E-state index in [1.807, 2.05) is 19.9 Å². The second-order valence-corrected chi connectivity index (χ2v) is 8.76. The van der Waals surface area contributed by atoms with Gasteiger partial charge in [-0.2, -0.15) is 13.2 Å². The van der Waals surface area contributed by atoms with Gasteiger partial charge < -0.3 is 34.9 Å². The molecular formula is C22H27N3O10S. The SMILES string of the molecule is CCOC1=CC(N2CCOCC2)=C(OCC)CC1=[N+]=[N-].O=C(O)c1cc(C(=O)O)cc(S(=O)(=O)O)c1. The first kappa shape index (κ1) is 28.5. The number of rotatable bonds is 8. The van der Waals surface area contributed by atoms with Crippen molar-refractivity contribution in [2.24, 2.45) is 0 Å². The van der Waals surface area contributed by atoms with Gasteiger partial charge in [-0.15, -0.1) is 0 Å². The van der Waals surface area contributed by atoms with Crippen LogP contribution in [0, 0.1) is 0 Å². The molecule has 1 aromatic rings. The molecule has 1 aromatic carbocycles. The van der Waals surface area contributed by atoms with E-state index >= 15 is 0 Å². The van der Waals surface area contributed by atoms with Gasteiger partial charge in [-0.1, -0.05) is 0 Å². The molecule has 36 heavy (non-hydrogen) atoms. The van der Waals surface area contributed by atoms with Gasteiger partial charge in [-0.3, -0.25) is 4.55 Å². The van der Waals surface area contributed by atoms with Gasteiger partial charge >= 0.3 is 17.7 Å². The lowest BCUT2D eigenvalue weighted by molar-refractivity contribution is -0.0140. The van der Waals surface area contributed by atoms with Gasteiger partial charge in [-0.25, -0.2) is 9.59 Å². The predicted molar refractivity (Wildman–Crippen MR) is 124 cm³/mol. The van der Waals surface area contributed by atoms with Crippen LogP contribution in [0.3, 0.4) is 0 Å². The van der Waals surface area contributed by atoms with Gasteiger partial charge in [0.05, 0.1) is 48.1 Å². The number of carbonyl (C=O) groups is 2. The number of hydrogen-bond donors (Lipinski definition) is 3. The largest absolute Gasteiger partial charge is 0.495 e. The summed E-state index contributed by atoms with van der Waals surface area (Å²) in [6.45, 7) is 8.04. The van der Waals surface area contributed by atoms with Crippen molar-refractivity contribution in [1.82, 2.24) is 4.90 Å². The molecule has 0 spiro atoms. The molecule has 13 nitrogen and oxygen atoms in total. The van der Waals surface area contributed by atoms with Gasteiger partial charge in [0.15, 0.2) is 0 Å². The molecule has 1 heterocycles. The average molecular weight is 526 g/mol. The summed E-state index contributed by atoms with van der Waals surface area (Å²) >= 11 is 0. The number of benzene rings is 1. The molecule has 14 heteroatoms. The van der Waals surface area contributed by atoms with E-state index in [4.69, 9.17) is 34.5 Å². The van der Waals surface area contributed by atoms with Crippen LogP contribution in [0.1, 0.15) is 41.0 Å². The zero-order valence-electron chi connectivity index (χ0n) is 19.7. The molecule has 0 aromatic heterocycles. The third-order valence-corrected chi connectivity index (χ3v) is 5.79. The zero-order valence-corrected chi connectivity index (χ0v) is 20.5. The van der Waals surface area contributed by atoms with Crippen molar-refractivity contribution >= 4 is 27.8 Å². The predicted octanol–water partition coefficient (Wildman–Crippen LogP) is 1.89. The Morgan fingerprint density at radius 2 is 1.61 bits per heavy atom. The van der Waals surface area contributed by atoms with Crippen molar-refractivity contribution in [3.63, 3.8) is 0 Å². The van der Waals surface area contributed by atoms with E-state index in [-0.39, 0.29) is 0 Å². The van der Waals surface area contributed by atoms with Crippen LogP contribution in [0.15, 0.2) is 46.4 Å². The Morgan fingerprint density at radius 1 is 1.06 bits per heavy atom. The maximum Gasteiger partial charge on any atom is 0.341 e. The number of carboxylic acids is 2. The maximum atomic E-state index is 10.8. The van der Waals surface area contributed by atoms with Crippen LogP contribution in [-0.4, -0.2) is 90.0 Å². The molecule has 0 unspecified atom stereocenters. The lowest BCUT2D eigenvalue weighted by Crippen LogP contribution is -2.37. The molecule has 3 N–H and O–H groups in total. The van der Waals surface area contributed by atoms with E-state index in [9.17, 15) is 18.0 Å². The number of carboxylic acid groups (broad SMARTS) is 2. The van der Waals surface area contributed by atoms with Gasteiger partial charge in [0, 0.05) is 19.2 Å². The molecule has 1 fully saturated rings. The smallest absolute Gasteiger partial charge is 0.341 e. The summed E-state index contributed by atoms with van der Waals surface area (Å²) in [5, 5.41) is 17.2. The first-order chi connectivity index (χ1) is 17.0. The number of ether oxygens (including phenoxy) is 3. The Hall–Kier alpha value is -3.71. The Labute approximate surface area is 207 Å². The van der Waals surface area contributed by atoms with Gasteiger partial charge in [0.1, 0.15) is 12.2 Å². The minimum absolute atomic E-state index is 0.447. The van der Waals surface area contributed by atoms with Crippen LogP contribution in [0.2, 0.25) is 0 Å². The van der Waals surface area contributed by atoms with E-state index in [2.05, 4.69) is 9.69 Å². The molecule has 1 aliphatic heterocycles. The number of allylic oxidation sites excluding steroid dienone is 3. The molecule has 0 bridgehead atoms. The van der Waals surface area contributed by atoms with Crippen molar-refractivity contribution in [2.75, 3.05) is 39.5 Å². The van der Waals surface area contributed by atoms with Crippen LogP contribution >= 0.6 is 0 Å². The van der Waals surface area contributed by atoms with Crippen molar-refractivity contribution < 1.29 is 51.8 Å². The van der Waals surface area contributed by atoms with Crippen molar-refractivity contribution in [2.45, 2.75) is 25.2 Å². The maximum absolute atomic E-state index is 10.8. The lowest BCUT2D eigenvalue weighted by atomic mass is 10.0. The fourth-order valence-electron chi connectivity index (χ4n) is 3.35. The van der Waals surface area contributed by atoms with Crippen LogP contribution in [0.5, 0.6) is 0 Å². The van der Waals surface area contributed by atoms with E-state index in [0.717, 1.165) is 30.6 Å². The molecule has 3 rings (SSSR count). The molecule has 0 saturated carbocycles. The third kappa shape index (κ3) is 7.65. The molecule has 1 aliphatic carbocycles. The number of hydrogen-bond acceptors (Lipinski definition) is 8. The highest BCUT2D eigenvalue weighted by Gasteiger charge is 2.30. The normalized spacial score (nSPS) is 15.8. The topological polar surface area (TPSA) is 196 Å². The summed E-state index contributed by atoms with van der Waals surface area (Å²) in [7, 11) is -4.64. The molecule has 0 radical (unpaired) electrons. The summed E-state index contributed by atoms with van der Waals surface area (Å²) in [6, 6.07) is 2.13. The van der Waals surface area contributed by atoms with E-state index in [1.165, 1.54) is 0 Å². The van der Waals surface area contributed by atoms with E-state index in [0.29, 0.717) is 56.5 Å². The number of nitrogens with zero attached hydrogens (tertiary/aromatic N) is 3. The summed E-state index contributed by atoms with van der Waals surface area (Å²) in [5.74, 6) is -1.55. The van der Waals surface area contributed by atoms with Crippen LogP contribution < -0.4 is 0 Å². The van der Waals surface area contributed by atoms with Gasteiger partial charge in [0.2, 0.25) is 5.76 Å². The summed E-state index contributed by atoms with van der Waals surface area (Å²) in [5.41, 5.74) is 9.57. The first-order valence-corrected chi connectivity index (χ1v) is 12.3. The van der Waals surface area contributed by atoms with Gasteiger partial charge in [-0.05, 0) is 32.0 Å². The van der Waals surface area contributed by atoms with Crippen LogP contribution in [-0.2, 0) is 24.3 Å². The highest BCUT2D eigenvalue weighted by Crippen LogP contribution is 2.26. The minimum Gasteiger partial charge on any atom is -0.495 e. The molecule has 1 saturated heterocycles. The fraction of sp³-hybridized carbons (Fsp3) is 0.409. The monoisotopic (exact) mass is 525 g/mol. The average Bonchev–Trinajstić information content (AvgIpc) is 2.85. The van der Waals surface area contributed by atoms with E-state index in [1.54, 1.807) is 0 Å². The fourth-order valence-corrected chi connectivity index (χ4v) is 3.90. The standard InChI is InChI=1S/C14H21N3O3.C8H6O7S/c1-3-19-13-10-12(17-5-7-18-8-6-17)14(20-4-2)9-11(13)16-15;9-7(10)4-1-5(8(11)12)3-6(2-4)16(13,14)15/h10H,3-9H2,1-2H3;1-3H,(H,9,10)(H,11,12)(H,13,14,15). The third-order valence-electron chi connectivity index (χ3n) is 4.96. The molecular weight excluding hydrogens is 498 g/mol. The number of morpholine rings is 1. The highest BCUT2D eigenvalue weighted by atomic mass is 32.2. The quantitative estimate of drug-likeness (QED) is 0.254. The summed E-state index contributed by atoms with van der Waals surface area (Å²) in [4.78, 5) is 25.9. The Balaban J connectivity index is 0.000000261. The Kier molecular flexibility index (Phi) is 10.2. The highest BCUT2D eigenvalue weighted by molar-refractivity contribution is 7.85. The van der Waals surface area contributed by atoms with Crippen LogP contribution in [0.25, 0.3) is 5.53 Å². The molecule has 0 atom stereocenters. The summed E-state index contributed by atoms with van der Waals surface area (Å²) in [6.07, 6.45) is 2.35. The Bertz CT molecular complexity index is 1180. The van der Waals surface area contributed by atoms with E-state index < -0.39 is 38.1 Å². The zero-order chi connectivity index (χ0) is 26.9.